The van der Waals surface area contributed by atoms with E-state index in [2.05, 4.69) is 0 Å². The van der Waals surface area contributed by atoms with Crippen molar-refractivity contribution in [3.8, 4) is 0 Å². The van der Waals surface area contributed by atoms with E-state index in [0.29, 0.717) is 6.54 Å². The van der Waals surface area contributed by atoms with Crippen molar-refractivity contribution in [3.05, 3.63) is 184 Å². The van der Waals surface area contributed by atoms with Crippen molar-refractivity contribution in [2.45, 2.75) is 56.0 Å². The molecule has 6 rings (SSSR count). The first kappa shape index (κ1) is 55.5. The van der Waals surface area contributed by atoms with E-state index in [4.69, 9.17) is 0 Å². The van der Waals surface area contributed by atoms with Crippen molar-refractivity contribution in [3.63, 3.8) is 0 Å². The molecule has 0 aliphatic carbocycles. The molecule has 0 saturated heterocycles. The molecule has 6 aromatic rings. The van der Waals surface area contributed by atoms with Gasteiger partial charge in [0.05, 0.1) is 44.5 Å². The van der Waals surface area contributed by atoms with Gasteiger partial charge in [0.2, 0.25) is 0 Å². The zero-order valence-corrected chi connectivity index (χ0v) is 34.3. The lowest BCUT2D eigenvalue weighted by Gasteiger charge is -2.46. The first-order chi connectivity index (χ1) is 32.1. The number of rotatable bonds is 6. The molecule has 71 heavy (non-hydrogen) atoms. The number of hydrogen-bond acceptors (Lipinski definition) is 0. The van der Waals surface area contributed by atoms with Gasteiger partial charge in [-0.1, -0.05) is 66.7 Å². The minimum Gasteiger partial charge on any atom is -0.207 e. The summed E-state index contributed by atoms with van der Waals surface area (Å²) in [4.78, 5) is 0. The normalized spacial score (nSPS) is 13.5. The van der Waals surface area contributed by atoms with Gasteiger partial charge in [0.25, 0.3) is 0 Å². The third-order valence-electron chi connectivity index (χ3n) is 10.5. The Kier molecular flexibility index (Phi) is 14.8. The summed E-state index contributed by atoms with van der Waals surface area (Å²) >= 11 is 0. The van der Waals surface area contributed by atoms with E-state index in [-0.39, 0.29) is 5.82 Å². The minimum absolute atomic E-state index is 0.181. The number of hydrogen-bond donors (Lipinski definition) is 0. The monoisotopic (exact) mass is 1050 g/mol. The van der Waals surface area contributed by atoms with Crippen LogP contribution in [0.5, 0.6) is 0 Å². The topological polar surface area (TPSA) is 3.88 Å². The van der Waals surface area contributed by atoms with Crippen molar-refractivity contribution >= 4 is 28.0 Å². The molecule has 1 aromatic heterocycles. The fraction of sp³-hybridized carbons (Fsp3) is 0.205. The molecule has 5 aromatic carbocycles. The van der Waals surface area contributed by atoms with Crippen LogP contribution in [0.4, 0.5) is 110 Å². The van der Waals surface area contributed by atoms with E-state index in [0.717, 1.165) is 5.56 Å². The van der Waals surface area contributed by atoms with Crippen molar-refractivity contribution < 1.29 is 114 Å². The maximum atomic E-state index is 14.2. The smallest absolute Gasteiger partial charge is 0.207 e. The maximum Gasteiger partial charge on any atom is 0.416 e. The van der Waals surface area contributed by atoms with Crippen LogP contribution < -0.4 is 26.4 Å². The highest BCUT2D eigenvalue weighted by atomic mass is 19.4. The van der Waals surface area contributed by atoms with Crippen LogP contribution in [-0.4, -0.2) is 6.15 Å². The molecule has 382 valence electrons. The summed E-state index contributed by atoms with van der Waals surface area (Å²) in [5.41, 5.74) is -29.2. The summed E-state index contributed by atoms with van der Waals surface area (Å²) in [5.74, 6) is -0.181. The third-order valence-corrected chi connectivity index (χ3v) is 10.5. The molecular weight excluding hydrogens is 1030 g/mol. The predicted octanol–water partition coefficient (Wildman–Crippen LogP) is 13.4. The molecule has 1 heterocycles. The van der Waals surface area contributed by atoms with Gasteiger partial charge in [-0.2, -0.15) is 127 Å². The molecule has 0 unspecified atom stereocenters. The second-order valence-corrected chi connectivity index (χ2v) is 15.4. The second kappa shape index (κ2) is 19.0. The molecule has 0 aliphatic heterocycles. The van der Waals surface area contributed by atoms with E-state index in [1.54, 1.807) is 12.1 Å². The van der Waals surface area contributed by atoms with Crippen LogP contribution in [-0.2, 0) is 56.0 Å². The van der Waals surface area contributed by atoms with Gasteiger partial charge >= 0.3 is 49.4 Å². The largest absolute Gasteiger partial charge is 0.416 e. The number of pyridine rings is 1. The highest BCUT2D eigenvalue weighted by molar-refractivity contribution is 7.20. The lowest BCUT2D eigenvalue weighted by atomic mass is 9.12. The molecule has 0 amide bonds. The zero-order chi connectivity index (χ0) is 53.7. The van der Waals surface area contributed by atoms with Crippen molar-refractivity contribution in [1.29, 1.82) is 0 Å². The van der Waals surface area contributed by atoms with Crippen LogP contribution in [0, 0.1) is 5.82 Å². The van der Waals surface area contributed by atoms with E-state index >= 15 is 0 Å². The van der Waals surface area contributed by atoms with E-state index < -0.39 is 195 Å². The first-order valence-corrected chi connectivity index (χ1v) is 19.1. The number of nitrogens with zero attached hydrogens (tertiary/aromatic N) is 1. The summed E-state index contributed by atoms with van der Waals surface area (Å²) in [7, 11) is 0. The van der Waals surface area contributed by atoms with Crippen LogP contribution >= 0.6 is 0 Å². The number of benzene rings is 5. The fourth-order valence-corrected chi connectivity index (χ4v) is 7.46. The quantitative estimate of drug-likeness (QED) is 0.0889. The maximum absolute atomic E-state index is 14.2. The average Bonchev–Trinajstić information content (AvgIpc) is 3.22. The highest BCUT2D eigenvalue weighted by Crippen LogP contribution is 2.41. The highest BCUT2D eigenvalue weighted by Gasteiger charge is 2.47. The number of aromatic nitrogens is 1. The van der Waals surface area contributed by atoms with Crippen LogP contribution in [0.1, 0.15) is 50.1 Å². The van der Waals surface area contributed by atoms with Gasteiger partial charge < -0.3 is 0 Å². The van der Waals surface area contributed by atoms with Gasteiger partial charge in [-0.05, 0) is 36.4 Å². The first-order valence-electron chi connectivity index (χ1n) is 19.1. The SMILES string of the molecule is FC(F)(F)c1cc([B-](c2cc(C(F)(F)F)cc(C(F)(F)F)c2)(c2cc(C(F)(F)F)cc(C(F)(F)F)c2)c2cc(C(F)(F)F)cc(C(F)(F)F)c2)cc(C(F)(F)F)c1.Fc1cccc(C[n+]2ccccc2)c1. The van der Waals surface area contributed by atoms with Crippen LogP contribution in [0.2, 0.25) is 0 Å². The molecule has 0 N–H and O–H groups in total. The van der Waals surface area contributed by atoms with Gasteiger partial charge in [-0.25, -0.2) is 8.96 Å². The fourth-order valence-electron chi connectivity index (χ4n) is 7.46. The average molecular weight is 1050 g/mol. The van der Waals surface area contributed by atoms with Crippen LogP contribution in [0.25, 0.3) is 0 Å². The molecule has 0 atom stereocenters. The van der Waals surface area contributed by atoms with Gasteiger partial charge in [0.1, 0.15) is 12.0 Å². The molecular formula is C44H23BF25N. The molecule has 27 heteroatoms. The summed E-state index contributed by atoms with van der Waals surface area (Å²) in [6.07, 6.45) is -50.9. The standard InChI is InChI=1S/C32H12BF24.C12H11FN/c34-25(35,36)13-1-14(26(37,38)39)6-21(5-13)33(22-7-15(27(40,41)42)2-16(8-22)28(43,44)45,23-9-17(29(46,47)48)3-18(10-23)30(49,50)51)24-11-19(31(52,53)54)4-20(12-24)32(55,56)57;13-12-6-4-5-11(9-12)10-14-7-2-1-3-8-14/h1-12H;1-9H,10H2/q-1;+1. The minimum atomic E-state index is -6.13. The lowest BCUT2D eigenvalue weighted by Crippen LogP contribution is -2.75. The Morgan fingerprint density at radius 3 is 0.746 bits per heavy atom. The molecule has 0 radical (unpaired) electrons. The Hall–Kier alpha value is -6.44. The Morgan fingerprint density at radius 2 is 0.535 bits per heavy atom. The van der Waals surface area contributed by atoms with E-state index in [9.17, 15) is 110 Å². The van der Waals surface area contributed by atoms with Crippen molar-refractivity contribution in [2.24, 2.45) is 0 Å². The summed E-state index contributed by atoms with van der Waals surface area (Å²) in [5, 5.41) is 0. The summed E-state index contributed by atoms with van der Waals surface area (Å²) in [6.45, 7) is 0.707. The molecule has 0 fully saturated rings. The van der Waals surface area contributed by atoms with Crippen LogP contribution in [0.15, 0.2) is 128 Å². The van der Waals surface area contributed by atoms with Crippen molar-refractivity contribution in [2.75, 3.05) is 0 Å². The molecule has 0 saturated carbocycles. The number of halogens is 25. The molecule has 0 spiro atoms. The van der Waals surface area contributed by atoms with Crippen molar-refractivity contribution in [1.82, 2.24) is 0 Å². The van der Waals surface area contributed by atoms with E-state index in [1.165, 1.54) is 6.07 Å². The number of alkyl halides is 24. The van der Waals surface area contributed by atoms with Gasteiger partial charge in [-0.3, -0.25) is 0 Å². The second-order valence-electron chi connectivity index (χ2n) is 15.4. The molecule has 0 aliphatic rings. The summed E-state index contributed by atoms with van der Waals surface area (Å²) < 4.78 is 356. The lowest BCUT2D eigenvalue weighted by molar-refractivity contribution is -0.688. The van der Waals surface area contributed by atoms with Gasteiger partial charge in [-0.15, -0.1) is 0 Å². The summed E-state index contributed by atoms with van der Waals surface area (Å²) in [6, 6.07) is 3.73. The predicted molar refractivity (Wildman–Crippen MR) is 202 cm³/mol. The van der Waals surface area contributed by atoms with Gasteiger partial charge in [0, 0.05) is 17.7 Å². The Labute approximate surface area is 381 Å². The Bertz CT molecular complexity index is 2410. The Balaban J connectivity index is 0.000000569. The third kappa shape index (κ3) is 13.1. The molecule has 1 nitrogen and oxygen atoms in total. The Morgan fingerprint density at radius 1 is 0.296 bits per heavy atom. The van der Waals surface area contributed by atoms with Gasteiger partial charge in [0.15, 0.2) is 18.9 Å². The molecule has 0 bridgehead atoms. The zero-order valence-electron chi connectivity index (χ0n) is 34.3. The van der Waals surface area contributed by atoms with Crippen LogP contribution in [0.3, 0.4) is 0 Å². The van der Waals surface area contributed by atoms with E-state index in [1.807, 2.05) is 41.2 Å².